The van der Waals surface area contributed by atoms with Crippen LogP contribution in [0.1, 0.15) is 12.8 Å². The molecule has 8 heteroatoms. The Bertz CT molecular complexity index is 648. The van der Waals surface area contributed by atoms with Crippen LogP contribution < -0.4 is 11.1 Å². The van der Waals surface area contributed by atoms with Gasteiger partial charge in [-0.15, -0.1) is 0 Å². The molecule has 1 amide bonds. The SMILES string of the molecule is CNC(=O)C1CCCN(S(=O)(=O)c2cc(Br)ccc2N)C1. The number of hydrogen-bond acceptors (Lipinski definition) is 4. The zero-order valence-corrected chi connectivity index (χ0v) is 14.1. The van der Waals surface area contributed by atoms with Crippen molar-refractivity contribution in [3.8, 4) is 0 Å². The highest BCUT2D eigenvalue weighted by Gasteiger charge is 2.33. The zero-order chi connectivity index (χ0) is 15.6. The van der Waals surface area contributed by atoms with Gasteiger partial charge in [0, 0.05) is 24.6 Å². The molecule has 1 fully saturated rings. The number of benzene rings is 1. The van der Waals surface area contributed by atoms with Gasteiger partial charge in [0.1, 0.15) is 4.90 Å². The molecule has 1 aliphatic heterocycles. The second-order valence-electron chi connectivity index (χ2n) is 5.00. The van der Waals surface area contributed by atoms with E-state index in [9.17, 15) is 13.2 Å². The third-order valence-corrected chi connectivity index (χ3v) is 6.01. The number of anilines is 1. The van der Waals surface area contributed by atoms with Crippen LogP contribution in [0.3, 0.4) is 0 Å². The van der Waals surface area contributed by atoms with E-state index >= 15 is 0 Å². The molecule has 3 N–H and O–H groups in total. The van der Waals surface area contributed by atoms with Gasteiger partial charge in [0.25, 0.3) is 0 Å². The number of nitrogens with one attached hydrogen (secondary N) is 1. The third-order valence-electron chi connectivity index (χ3n) is 3.59. The first kappa shape index (κ1) is 16.3. The maximum Gasteiger partial charge on any atom is 0.245 e. The fourth-order valence-corrected chi connectivity index (χ4v) is 4.63. The number of carbonyl (C=O) groups is 1. The van der Waals surface area contributed by atoms with Crippen LogP contribution in [0.4, 0.5) is 5.69 Å². The van der Waals surface area contributed by atoms with E-state index in [4.69, 9.17) is 5.73 Å². The zero-order valence-electron chi connectivity index (χ0n) is 11.7. The van der Waals surface area contributed by atoms with Crippen molar-refractivity contribution in [2.75, 3.05) is 25.9 Å². The average Bonchev–Trinajstić information content (AvgIpc) is 2.49. The Kier molecular flexibility index (Phi) is 4.90. The predicted molar refractivity (Wildman–Crippen MR) is 84.1 cm³/mol. The third kappa shape index (κ3) is 3.38. The Morgan fingerprint density at radius 2 is 2.19 bits per heavy atom. The number of sulfonamides is 1. The van der Waals surface area contributed by atoms with Crippen LogP contribution in [-0.2, 0) is 14.8 Å². The van der Waals surface area contributed by atoms with Crippen LogP contribution in [-0.4, -0.2) is 38.8 Å². The van der Waals surface area contributed by atoms with E-state index in [1.807, 2.05) is 0 Å². The molecule has 116 valence electrons. The number of hydrogen-bond donors (Lipinski definition) is 2. The van der Waals surface area contributed by atoms with E-state index in [0.29, 0.717) is 23.9 Å². The first-order valence-electron chi connectivity index (χ1n) is 6.63. The van der Waals surface area contributed by atoms with Crippen LogP contribution >= 0.6 is 15.9 Å². The summed E-state index contributed by atoms with van der Waals surface area (Å²) >= 11 is 3.26. The van der Waals surface area contributed by atoms with Gasteiger partial charge >= 0.3 is 0 Å². The monoisotopic (exact) mass is 375 g/mol. The molecule has 2 rings (SSSR count). The predicted octanol–water partition coefficient (Wildman–Crippen LogP) is 1.18. The molecule has 1 unspecified atom stereocenters. The molecular weight excluding hydrogens is 358 g/mol. The quantitative estimate of drug-likeness (QED) is 0.775. The minimum absolute atomic E-state index is 0.0782. The van der Waals surface area contributed by atoms with Gasteiger partial charge in [-0.3, -0.25) is 4.79 Å². The summed E-state index contributed by atoms with van der Waals surface area (Å²) in [6.45, 7) is 0.593. The van der Waals surface area contributed by atoms with Crippen LogP contribution in [0.15, 0.2) is 27.6 Å². The number of nitrogens with zero attached hydrogens (tertiary/aromatic N) is 1. The largest absolute Gasteiger partial charge is 0.398 e. The first-order chi connectivity index (χ1) is 9.86. The van der Waals surface area contributed by atoms with Gasteiger partial charge in [0.2, 0.25) is 15.9 Å². The molecular formula is C13H18BrN3O3S. The molecule has 1 aromatic rings. The highest BCUT2D eigenvalue weighted by Crippen LogP contribution is 2.29. The summed E-state index contributed by atoms with van der Waals surface area (Å²) in [4.78, 5) is 11.8. The lowest BCUT2D eigenvalue weighted by atomic mass is 9.99. The number of amides is 1. The van der Waals surface area contributed by atoms with Gasteiger partial charge in [0.05, 0.1) is 11.6 Å². The van der Waals surface area contributed by atoms with Crippen molar-refractivity contribution in [3.05, 3.63) is 22.7 Å². The Balaban J connectivity index is 2.31. The van der Waals surface area contributed by atoms with Gasteiger partial charge < -0.3 is 11.1 Å². The van der Waals surface area contributed by atoms with Crippen molar-refractivity contribution in [2.45, 2.75) is 17.7 Å². The lowest BCUT2D eigenvalue weighted by molar-refractivity contribution is -0.125. The number of carbonyl (C=O) groups excluding carboxylic acids is 1. The van der Waals surface area contributed by atoms with Gasteiger partial charge in [-0.25, -0.2) is 8.42 Å². The molecule has 1 atom stereocenters. The summed E-state index contributed by atoms with van der Waals surface area (Å²) < 4.78 is 27.4. The fourth-order valence-electron chi connectivity index (χ4n) is 2.45. The number of piperidine rings is 1. The number of nitrogen functional groups attached to an aromatic ring is 1. The van der Waals surface area contributed by atoms with E-state index < -0.39 is 10.0 Å². The van der Waals surface area contributed by atoms with E-state index in [2.05, 4.69) is 21.2 Å². The van der Waals surface area contributed by atoms with Gasteiger partial charge in [-0.05, 0) is 31.0 Å². The van der Waals surface area contributed by atoms with E-state index in [-0.39, 0.29) is 29.0 Å². The molecule has 0 radical (unpaired) electrons. The summed E-state index contributed by atoms with van der Waals surface area (Å²) in [6.07, 6.45) is 1.35. The van der Waals surface area contributed by atoms with Crippen molar-refractivity contribution < 1.29 is 13.2 Å². The number of nitrogens with two attached hydrogens (primary N) is 1. The Morgan fingerprint density at radius 3 is 2.86 bits per heavy atom. The molecule has 0 bridgehead atoms. The maximum atomic E-state index is 12.7. The van der Waals surface area contributed by atoms with Gasteiger partial charge in [0.15, 0.2) is 0 Å². The maximum absolute atomic E-state index is 12.7. The number of rotatable bonds is 3. The van der Waals surface area contributed by atoms with Gasteiger partial charge in [-0.1, -0.05) is 15.9 Å². The normalized spacial score (nSPS) is 20.2. The van der Waals surface area contributed by atoms with Crippen molar-refractivity contribution in [2.24, 2.45) is 5.92 Å². The molecule has 6 nitrogen and oxygen atoms in total. The van der Waals surface area contributed by atoms with E-state index in [1.165, 1.54) is 10.4 Å². The van der Waals surface area contributed by atoms with Gasteiger partial charge in [-0.2, -0.15) is 4.31 Å². The Morgan fingerprint density at radius 1 is 1.48 bits per heavy atom. The van der Waals surface area contributed by atoms with Crippen LogP contribution in [0.5, 0.6) is 0 Å². The summed E-state index contributed by atoms with van der Waals surface area (Å²) in [7, 11) is -2.13. The first-order valence-corrected chi connectivity index (χ1v) is 8.86. The summed E-state index contributed by atoms with van der Waals surface area (Å²) in [5, 5.41) is 2.57. The molecule has 0 aliphatic carbocycles. The lowest BCUT2D eigenvalue weighted by Crippen LogP contribution is -2.44. The van der Waals surface area contributed by atoms with Crippen molar-refractivity contribution in [1.82, 2.24) is 9.62 Å². The minimum atomic E-state index is -3.69. The molecule has 1 saturated heterocycles. The Hall–Kier alpha value is -1.12. The standard InChI is InChI=1S/C13H18BrN3O3S/c1-16-13(18)9-3-2-6-17(8-9)21(19,20)12-7-10(14)4-5-11(12)15/h4-5,7,9H,2-3,6,8,15H2,1H3,(H,16,18). The molecule has 0 aromatic heterocycles. The smallest absolute Gasteiger partial charge is 0.245 e. The van der Waals surface area contributed by atoms with Crippen LogP contribution in [0.25, 0.3) is 0 Å². The van der Waals surface area contributed by atoms with E-state index in [1.54, 1.807) is 19.2 Å². The highest BCUT2D eigenvalue weighted by atomic mass is 79.9. The minimum Gasteiger partial charge on any atom is -0.398 e. The highest BCUT2D eigenvalue weighted by molar-refractivity contribution is 9.10. The van der Waals surface area contributed by atoms with E-state index in [0.717, 1.165) is 0 Å². The molecule has 0 spiro atoms. The number of halogens is 1. The van der Waals surface area contributed by atoms with Crippen LogP contribution in [0.2, 0.25) is 0 Å². The van der Waals surface area contributed by atoms with Crippen molar-refractivity contribution in [3.63, 3.8) is 0 Å². The molecule has 1 aliphatic rings. The summed E-state index contributed by atoms with van der Waals surface area (Å²) in [5.74, 6) is -0.441. The Labute approximate surface area is 132 Å². The summed E-state index contributed by atoms with van der Waals surface area (Å²) in [5.41, 5.74) is 6.01. The molecule has 21 heavy (non-hydrogen) atoms. The second-order valence-corrected chi connectivity index (χ2v) is 7.82. The summed E-state index contributed by atoms with van der Waals surface area (Å²) in [6, 6.07) is 4.74. The average molecular weight is 376 g/mol. The lowest BCUT2D eigenvalue weighted by Gasteiger charge is -2.31. The second kappa shape index (κ2) is 6.33. The fraction of sp³-hybridized carbons (Fsp3) is 0.462. The van der Waals surface area contributed by atoms with Crippen molar-refractivity contribution in [1.29, 1.82) is 0 Å². The van der Waals surface area contributed by atoms with Crippen LogP contribution in [0, 0.1) is 5.92 Å². The van der Waals surface area contributed by atoms with Crippen molar-refractivity contribution >= 4 is 37.5 Å². The molecule has 1 aromatic carbocycles. The molecule has 1 heterocycles. The topological polar surface area (TPSA) is 92.5 Å². The molecule has 0 saturated carbocycles.